The molecule has 0 radical (unpaired) electrons. The lowest BCUT2D eigenvalue weighted by molar-refractivity contribution is -0.120. The van der Waals surface area contributed by atoms with Crippen molar-refractivity contribution in [2.24, 2.45) is 5.41 Å². The van der Waals surface area contributed by atoms with Gasteiger partial charge in [-0.25, -0.2) is 0 Å². The van der Waals surface area contributed by atoms with E-state index in [9.17, 15) is 13.2 Å². The molecule has 1 unspecified atom stereocenters. The molecule has 0 aliphatic carbocycles. The first-order chi connectivity index (χ1) is 8.39. The summed E-state index contributed by atoms with van der Waals surface area (Å²) in [6.45, 7) is 4.57. The minimum atomic E-state index is -3.91. The average molecular weight is 280 g/mol. The van der Waals surface area contributed by atoms with Crippen LogP contribution in [0.15, 0.2) is 0 Å². The largest absolute Gasteiger partial charge is 0.380 e. The zero-order chi connectivity index (χ0) is 14.1. The maximum Gasteiger partial charge on any atom is 0.264 e. The topological polar surface area (TPSA) is 80.7 Å². The number of carbonyl (C=O) groups is 1. The van der Waals surface area contributed by atoms with Crippen LogP contribution in [0.2, 0.25) is 0 Å². The molecule has 18 heavy (non-hydrogen) atoms. The number of carbonyl (C=O) groups excluding carboxylic acids is 1. The maximum absolute atomic E-state index is 11.2. The second-order valence-corrected chi connectivity index (χ2v) is 6.20. The van der Waals surface area contributed by atoms with Gasteiger partial charge in [-0.1, -0.05) is 26.7 Å². The number of rotatable bonds is 11. The number of unbranched alkanes of at least 4 members (excludes halogenated alkanes) is 1. The molecule has 0 heterocycles. The first-order valence-corrected chi connectivity index (χ1v) is 7.99. The van der Waals surface area contributed by atoms with Crippen molar-refractivity contribution in [3.8, 4) is 0 Å². The van der Waals surface area contributed by atoms with Crippen molar-refractivity contribution in [3.63, 3.8) is 0 Å². The Hall–Kier alpha value is -0.460. The fourth-order valence-corrected chi connectivity index (χ4v) is 2.16. The Morgan fingerprint density at radius 1 is 1.28 bits per heavy atom. The Balaban J connectivity index is 4.00. The van der Waals surface area contributed by atoms with Crippen molar-refractivity contribution in [1.29, 1.82) is 0 Å². The molecule has 0 aliphatic heterocycles. The van der Waals surface area contributed by atoms with Gasteiger partial charge in [0.2, 0.25) is 0 Å². The highest BCUT2D eigenvalue weighted by molar-refractivity contribution is 7.85. The molecule has 0 aromatic rings. The third-order valence-electron chi connectivity index (χ3n) is 3.06. The molecule has 0 aromatic heterocycles. The van der Waals surface area contributed by atoms with Crippen LogP contribution in [0, 0.1) is 5.41 Å². The van der Waals surface area contributed by atoms with Crippen molar-refractivity contribution in [2.45, 2.75) is 46.0 Å². The minimum Gasteiger partial charge on any atom is -0.380 e. The molecule has 108 valence electrons. The van der Waals surface area contributed by atoms with Crippen LogP contribution in [0.4, 0.5) is 0 Å². The van der Waals surface area contributed by atoms with Gasteiger partial charge in [-0.15, -0.1) is 0 Å². The molecule has 0 fully saturated rings. The van der Waals surface area contributed by atoms with Gasteiger partial charge in [0.25, 0.3) is 10.1 Å². The number of hydrogen-bond donors (Lipinski definition) is 1. The summed E-state index contributed by atoms with van der Waals surface area (Å²) in [5, 5.41) is 0. The molecule has 0 aliphatic rings. The first kappa shape index (κ1) is 17.5. The molecule has 0 saturated heterocycles. The Kier molecular flexibility index (Phi) is 8.39. The summed E-state index contributed by atoms with van der Waals surface area (Å²) in [4.78, 5) is 11.2. The van der Waals surface area contributed by atoms with E-state index in [0.29, 0.717) is 6.61 Å². The van der Waals surface area contributed by atoms with Gasteiger partial charge in [-0.05, 0) is 19.3 Å². The van der Waals surface area contributed by atoms with Crippen LogP contribution < -0.4 is 0 Å². The number of hydrogen-bond acceptors (Lipinski definition) is 4. The standard InChI is InChI=1S/C12H24O5S/c1-3-5-7-12(4-2,10-13)11-17-8-6-9-18(14,15)16/h10H,3-9,11H2,1-2H3,(H,14,15,16). The van der Waals surface area contributed by atoms with E-state index in [-0.39, 0.29) is 18.8 Å². The molecular weight excluding hydrogens is 256 g/mol. The van der Waals surface area contributed by atoms with E-state index in [4.69, 9.17) is 9.29 Å². The molecule has 0 amide bonds. The van der Waals surface area contributed by atoms with Crippen molar-refractivity contribution >= 4 is 16.4 Å². The molecule has 0 bridgehead atoms. The second-order valence-electron chi connectivity index (χ2n) is 4.63. The third-order valence-corrected chi connectivity index (χ3v) is 3.87. The second kappa shape index (κ2) is 8.61. The third kappa shape index (κ3) is 7.79. The Labute approximate surface area is 110 Å². The quantitative estimate of drug-likeness (QED) is 0.356. The molecule has 0 rings (SSSR count). The van der Waals surface area contributed by atoms with Crippen LogP contribution in [0.1, 0.15) is 46.0 Å². The fraction of sp³-hybridized carbons (Fsp3) is 0.917. The average Bonchev–Trinajstić information content (AvgIpc) is 2.32. The molecule has 6 heteroatoms. The Bertz CT molecular complexity index is 325. The first-order valence-electron chi connectivity index (χ1n) is 6.38. The SMILES string of the molecule is CCCCC(C=O)(CC)COCCCS(=O)(=O)O. The van der Waals surface area contributed by atoms with E-state index < -0.39 is 15.5 Å². The highest BCUT2D eigenvalue weighted by Crippen LogP contribution is 2.26. The zero-order valence-corrected chi connectivity index (χ0v) is 12.0. The summed E-state index contributed by atoms with van der Waals surface area (Å²) in [7, 11) is -3.91. The van der Waals surface area contributed by atoms with Gasteiger partial charge in [-0.2, -0.15) is 8.42 Å². The zero-order valence-electron chi connectivity index (χ0n) is 11.2. The van der Waals surface area contributed by atoms with Crippen LogP contribution >= 0.6 is 0 Å². The van der Waals surface area contributed by atoms with E-state index in [1.165, 1.54) is 0 Å². The van der Waals surface area contributed by atoms with Gasteiger partial charge in [-0.3, -0.25) is 4.55 Å². The van der Waals surface area contributed by atoms with Crippen molar-refractivity contribution < 1.29 is 22.5 Å². The van der Waals surface area contributed by atoms with Gasteiger partial charge in [0.05, 0.1) is 12.4 Å². The highest BCUT2D eigenvalue weighted by atomic mass is 32.2. The Morgan fingerprint density at radius 3 is 2.39 bits per heavy atom. The number of ether oxygens (including phenoxy) is 1. The highest BCUT2D eigenvalue weighted by Gasteiger charge is 2.27. The summed E-state index contributed by atoms with van der Waals surface area (Å²) in [5.74, 6) is -0.303. The molecule has 0 saturated carbocycles. The van der Waals surface area contributed by atoms with E-state index in [0.717, 1.165) is 32.0 Å². The minimum absolute atomic E-state index is 0.238. The van der Waals surface area contributed by atoms with Gasteiger partial charge >= 0.3 is 0 Å². The normalized spacial score (nSPS) is 15.3. The maximum atomic E-state index is 11.2. The molecule has 1 atom stereocenters. The van der Waals surface area contributed by atoms with Crippen LogP contribution in [-0.2, 0) is 19.6 Å². The molecular formula is C12H24O5S. The molecule has 5 nitrogen and oxygen atoms in total. The lowest BCUT2D eigenvalue weighted by Gasteiger charge is -2.26. The van der Waals surface area contributed by atoms with Gasteiger partial charge in [0, 0.05) is 12.0 Å². The van der Waals surface area contributed by atoms with Crippen molar-refractivity contribution in [3.05, 3.63) is 0 Å². The smallest absolute Gasteiger partial charge is 0.264 e. The van der Waals surface area contributed by atoms with Crippen LogP contribution in [0.25, 0.3) is 0 Å². The van der Waals surface area contributed by atoms with Crippen LogP contribution in [-0.4, -0.2) is 38.2 Å². The summed E-state index contributed by atoms with van der Waals surface area (Å²) in [6, 6.07) is 0. The van der Waals surface area contributed by atoms with Gasteiger partial charge in [0.15, 0.2) is 0 Å². The summed E-state index contributed by atoms with van der Waals surface area (Å²) >= 11 is 0. The van der Waals surface area contributed by atoms with Crippen molar-refractivity contribution in [1.82, 2.24) is 0 Å². The van der Waals surface area contributed by atoms with Gasteiger partial charge in [0.1, 0.15) is 6.29 Å². The number of aldehydes is 1. The summed E-state index contributed by atoms with van der Waals surface area (Å²) < 4.78 is 34.9. The molecule has 0 aromatic carbocycles. The van der Waals surface area contributed by atoms with Crippen LogP contribution in [0.5, 0.6) is 0 Å². The fourth-order valence-electron chi connectivity index (χ4n) is 1.67. The Morgan fingerprint density at radius 2 is 1.94 bits per heavy atom. The van der Waals surface area contributed by atoms with Crippen molar-refractivity contribution in [2.75, 3.05) is 19.0 Å². The van der Waals surface area contributed by atoms with Gasteiger partial charge < -0.3 is 9.53 Å². The lowest BCUT2D eigenvalue weighted by Crippen LogP contribution is -2.28. The van der Waals surface area contributed by atoms with E-state index in [2.05, 4.69) is 6.92 Å². The van der Waals surface area contributed by atoms with E-state index in [1.54, 1.807) is 0 Å². The van der Waals surface area contributed by atoms with E-state index in [1.807, 2.05) is 6.92 Å². The monoisotopic (exact) mass is 280 g/mol. The molecule has 1 N–H and O–H groups in total. The van der Waals surface area contributed by atoms with Crippen LogP contribution in [0.3, 0.4) is 0 Å². The predicted molar refractivity (Wildman–Crippen MR) is 70.2 cm³/mol. The lowest BCUT2D eigenvalue weighted by atomic mass is 9.82. The summed E-state index contributed by atoms with van der Waals surface area (Å²) in [5.41, 5.74) is -0.450. The van der Waals surface area contributed by atoms with E-state index >= 15 is 0 Å². The predicted octanol–water partition coefficient (Wildman–Crippen LogP) is 2.07. The molecule has 0 spiro atoms. The summed E-state index contributed by atoms with van der Waals surface area (Å²) in [6.07, 6.45) is 4.70.